The van der Waals surface area contributed by atoms with Gasteiger partial charge in [-0.05, 0) is 44.4 Å². The van der Waals surface area contributed by atoms with E-state index < -0.39 is 0 Å². The van der Waals surface area contributed by atoms with E-state index in [1.54, 1.807) is 0 Å². The number of nitrogens with one attached hydrogen (secondary N) is 1. The Hall–Kier alpha value is -1.06. The van der Waals surface area contributed by atoms with E-state index in [4.69, 9.17) is 10.5 Å². The fourth-order valence-electron chi connectivity index (χ4n) is 1.89. The van der Waals surface area contributed by atoms with Gasteiger partial charge in [-0.15, -0.1) is 0 Å². The smallest absolute Gasteiger partial charge is 0.119 e. The fraction of sp³-hybridized carbons (Fsp3) is 0.571. The van der Waals surface area contributed by atoms with Crippen molar-refractivity contribution >= 4 is 0 Å². The number of benzene rings is 1. The lowest BCUT2D eigenvalue weighted by Gasteiger charge is -2.17. The van der Waals surface area contributed by atoms with Gasteiger partial charge in [0.1, 0.15) is 5.75 Å². The van der Waals surface area contributed by atoms with Crippen LogP contribution in [0.3, 0.4) is 0 Å². The van der Waals surface area contributed by atoms with Crippen molar-refractivity contribution in [1.29, 1.82) is 0 Å². The molecule has 3 nitrogen and oxygen atoms in total. The van der Waals surface area contributed by atoms with Crippen LogP contribution in [0.5, 0.6) is 5.75 Å². The van der Waals surface area contributed by atoms with E-state index >= 15 is 0 Å². The van der Waals surface area contributed by atoms with Gasteiger partial charge in [-0.25, -0.2) is 0 Å². The molecule has 1 aromatic rings. The van der Waals surface area contributed by atoms with Crippen LogP contribution >= 0.6 is 0 Å². The van der Waals surface area contributed by atoms with Gasteiger partial charge in [0.25, 0.3) is 0 Å². The quantitative estimate of drug-likeness (QED) is 0.793. The molecule has 1 aliphatic carbocycles. The van der Waals surface area contributed by atoms with E-state index in [9.17, 15) is 0 Å². The number of rotatable bonds is 6. The average Bonchev–Trinajstić information content (AvgIpc) is 3.10. The van der Waals surface area contributed by atoms with E-state index in [0.29, 0.717) is 12.6 Å². The van der Waals surface area contributed by atoms with Crippen LogP contribution in [-0.4, -0.2) is 18.7 Å². The normalized spacial score (nSPS) is 17.2. The van der Waals surface area contributed by atoms with Gasteiger partial charge in [-0.1, -0.05) is 12.1 Å². The Morgan fingerprint density at radius 1 is 1.29 bits per heavy atom. The predicted molar refractivity (Wildman–Crippen MR) is 70.2 cm³/mol. The first-order valence-corrected chi connectivity index (χ1v) is 6.41. The molecule has 0 spiro atoms. The first-order chi connectivity index (χ1) is 8.19. The Kier molecular flexibility index (Phi) is 4.02. The molecule has 0 aromatic heterocycles. The van der Waals surface area contributed by atoms with Crippen molar-refractivity contribution < 1.29 is 4.74 Å². The van der Waals surface area contributed by atoms with Crippen LogP contribution in [0.15, 0.2) is 24.3 Å². The SMILES string of the molecule is CC(C)Oc1ccc(C(CN)NC2CC2)cc1. The van der Waals surface area contributed by atoms with E-state index in [2.05, 4.69) is 17.4 Å². The zero-order valence-corrected chi connectivity index (χ0v) is 10.6. The van der Waals surface area contributed by atoms with Gasteiger partial charge in [-0.2, -0.15) is 0 Å². The standard InChI is InChI=1S/C14H22N2O/c1-10(2)17-13-7-3-11(4-8-13)14(9-15)16-12-5-6-12/h3-4,7-8,10,12,14,16H,5-6,9,15H2,1-2H3. The molecule has 1 atom stereocenters. The molecule has 0 aliphatic heterocycles. The minimum atomic E-state index is 0.218. The topological polar surface area (TPSA) is 47.3 Å². The van der Waals surface area contributed by atoms with E-state index in [1.165, 1.54) is 18.4 Å². The summed E-state index contributed by atoms with van der Waals surface area (Å²) in [6.07, 6.45) is 2.78. The molecule has 0 saturated heterocycles. The molecule has 0 heterocycles. The molecule has 0 amide bonds. The summed E-state index contributed by atoms with van der Waals surface area (Å²) in [5, 5.41) is 3.55. The summed E-state index contributed by atoms with van der Waals surface area (Å²) in [7, 11) is 0. The Morgan fingerprint density at radius 3 is 2.41 bits per heavy atom. The van der Waals surface area contributed by atoms with Crippen LogP contribution in [-0.2, 0) is 0 Å². The van der Waals surface area contributed by atoms with Crippen LogP contribution in [0.2, 0.25) is 0 Å². The summed E-state index contributed by atoms with van der Waals surface area (Å²) in [6, 6.07) is 9.19. The van der Waals surface area contributed by atoms with Crippen molar-refractivity contribution in [2.24, 2.45) is 5.73 Å². The molecule has 0 bridgehead atoms. The van der Waals surface area contributed by atoms with Gasteiger partial charge < -0.3 is 15.8 Å². The molecule has 1 aromatic carbocycles. The van der Waals surface area contributed by atoms with Crippen LogP contribution in [0.1, 0.15) is 38.3 Å². The summed E-state index contributed by atoms with van der Waals surface area (Å²) >= 11 is 0. The highest BCUT2D eigenvalue weighted by atomic mass is 16.5. The highest BCUT2D eigenvalue weighted by molar-refractivity contribution is 5.29. The van der Waals surface area contributed by atoms with Gasteiger partial charge >= 0.3 is 0 Å². The maximum absolute atomic E-state index is 5.81. The molecule has 17 heavy (non-hydrogen) atoms. The summed E-state index contributed by atoms with van der Waals surface area (Å²) in [4.78, 5) is 0. The van der Waals surface area contributed by atoms with E-state index in [0.717, 1.165) is 5.75 Å². The molecule has 1 fully saturated rings. The molecule has 0 radical (unpaired) electrons. The van der Waals surface area contributed by atoms with Crippen molar-refractivity contribution in [3.63, 3.8) is 0 Å². The summed E-state index contributed by atoms with van der Waals surface area (Å²) in [5.74, 6) is 0.922. The van der Waals surface area contributed by atoms with Gasteiger partial charge in [0.05, 0.1) is 6.10 Å². The van der Waals surface area contributed by atoms with Crippen molar-refractivity contribution in [1.82, 2.24) is 5.32 Å². The second-order valence-corrected chi connectivity index (χ2v) is 4.96. The molecular weight excluding hydrogens is 212 g/mol. The highest BCUT2D eigenvalue weighted by Crippen LogP contribution is 2.25. The Bertz CT molecular complexity index is 344. The maximum atomic E-state index is 5.81. The zero-order valence-electron chi connectivity index (χ0n) is 10.6. The number of hydrogen-bond acceptors (Lipinski definition) is 3. The molecule has 1 aliphatic rings. The first-order valence-electron chi connectivity index (χ1n) is 6.41. The summed E-state index contributed by atoms with van der Waals surface area (Å²) in [6.45, 7) is 4.71. The fourth-order valence-corrected chi connectivity index (χ4v) is 1.89. The minimum absolute atomic E-state index is 0.218. The molecule has 94 valence electrons. The third-order valence-electron chi connectivity index (χ3n) is 2.90. The summed E-state index contributed by atoms with van der Waals surface area (Å²) < 4.78 is 5.62. The Balaban J connectivity index is 1.99. The van der Waals surface area contributed by atoms with Crippen LogP contribution in [0.4, 0.5) is 0 Å². The van der Waals surface area contributed by atoms with Crippen LogP contribution < -0.4 is 15.8 Å². The lowest BCUT2D eigenvalue weighted by atomic mass is 10.1. The third-order valence-corrected chi connectivity index (χ3v) is 2.90. The van der Waals surface area contributed by atoms with Gasteiger partial charge in [0, 0.05) is 18.6 Å². The molecule has 1 unspecified atom stereocenters. The van der Waals surface area contributed by atoms with Gasteiger partial charge in [0.15, 0.2) is 0 Å². The molecule has 3 heteroatoms. The van der Waals surface area contributed by atoms with Gasteiger partial charge in [-0.3, -0.25) is 0 Å². The van der Waals surface area contributed by atoms with Crippen molar-refractivity contribution in [3.8, 4) is 5.75 Å². The molecule has 2 rings (SSSR count). The second-order valence-electron chi connectivity index (χ2n) is 4.96. The number of hydrogen-bond donors (Lipinski definition) is 2. The lowest BCUT2D eigenvalue weighted by molar-refractivity contribution is 0.242. The molecule has 1 saturated carbocycles. The average molecular weight is 234 g/mol. The van der Waals surface area contributed by atoms with Gasteiger partial charge in [0.2, 0.25) is 0 Å². The molecule has 3 N–H and O–H groups in total. The first kappa shape index (κ1) is 12.4. The van der Waals surface area contributed by atoms with Crippen LogP contribution in [0.25, 0.3) is 0 Å². The van der Waals surface area contributed by atoms with E-state index in [1.807, 2.05) is 26.0 Å². The van der Waals surface area contributed by atoms with Crippen LogP contribution in [0, 0.1) is 0 Å². The molecular formula is C14H22N2O. The highest BCUT2D eigenvalue weighted by Gasteiger charge is 2.24. The lowest BCUT2D eigenvalue weighted by Crippen LogP contribution is -2.29. The van der Waals surface area contributed by atoms with Crippen molar-refractivity contribution in [3.05, 3.63) is 29.8 Å². The Labute approximate surface area is 103 Å². The largest absolute Gasteiger partial charge is 0.491 e. The number of nitrogens with two attached hydrogens (primary N) is 1. The van der Waals surface area contributed by atoms with Crippen molar-refractivity contribution in [2.45, 2.75) is 44.9 Å². The summed E-state index contributed by atoms with van der Waals surface area (Å²) in [5.41, 5.74) is 7.05. The number of ether oxygens (including phenoxy) is 1. The maximum Gasteiger partial charge on any atom is 0.119 e. The Morgan fingerprint density at radius 2 is 1.94 bits per heavy atom. The minimum Gasteiger partial charge on any atom is -0.491 e. The zero-order chi connectivity index (χ0) is 12.3. The van der Waals surface area contributed by atoms with Crippen molar-refractivity contribution in [2.75, 3.05) is 6.54 Å². The monoisotopic (exact) mass is 234 g/mol. The second kappa shape index (κ2) is 5.52. The predicted octanol–water partition coefficient (Wildman–Crippen LogP) is 2.23. The third kappa shape index (κ3) is 3.72. The van der Waals surface area contributed by atoms with E-state index in [-0.39, 0.29) is 12.1 Å².